The Labute approximate surface area is 134 Å². The summed E-state index contributed by atoms with van der Waals surface area (Å²) in [6.07, 6.45) is 1.48. The van der Waals surface area contributed by atoms with E-state index in [9.17, 15) is 13.2 Å². The third-order valence-corrected chi connectivity index (χ3v) is 4.53. The Kier molecular flexibility index (Phi) is 4.85. The van der Waals surface area contributed by atoms with E-state index in [2.05, 4.69) is 14.4 Å². The van der Waals surface area contributed by atoms with Crippen LogP contribution in [-0.4, -0.2) is 33.6 Å². The molecule has 0 bridgehead atoms. The Balaban J connectivity index is 2.53. The first kappa shape index (κ1) is 16.8. The van der Waals surface area contributed by atoms with Crippen LogP contribution in [0.1, 0.15) is 15.9 Å². The number of ether oxygens (including phenoxy) is 2. The summed E-state index contributed by atoms with van der Waals surface area (Å²) >= 11 is 0. The van der Waals surface area contributed by atoms with Crippen molar-refractivity contribution in [3.05, 3.63) is 47.7 Å². The fourth-order valence-corrected chi connectivity index (χ4v) is 3.38. The van der Waals surface area contributed by atoms with Crippen LogP contribution in [-0.2, 0) is 14.8 Å². The van der Waals surface area contributed by atoms with Gasteiger partial charge in [0.25, 0.3) is 10.0 Å². The molecule has 1 aromatic carbocycles. The lowest BCUT2D eigenvalue weighted by molar-refractivity contribution is 0.0595. The predicted molar refractivity (Wildman–Crippen MR) is 84.1 cm³/mol. The van der Waals surface area contributed by atoms with E-state index in [1.54, 1.807) is 25.1 Å². The van der Waals surface area contributed by atoms with Gasteiger partial charge in [0.15, 0.2) is 0 Å². The molecule has 0 unspecified atom stereocenters. The molecule has 0 radical (unpaired) electrons. The SMILES string of the molecule is COC(=O)c1c(C)cccc1S(=O)(=O)Nc1cccnc1OC. The fraction of sp³-hybridized carbons (Fsp3) is 0.200. The summed E-state index contributed by atoms with van der Waals surface area (Å²) in [5, 5.41) is 0. The molecule has 7 nitrogen and oxygen atoms in total. The lowest BCUT2D eigenvalue weighted by atomic mass is 10.1. The number of pyridine rings is 1. The van der Waals surface area contributed by atoms with Gasteiger partial charge in [-0.05, 0) is 30.7 Å². The number of esters is 1. The van der Waals surface area contributed by atoms with E-state index in [0.29, 0.717) is 5.56 Å². The number of anilines is 1. The molecule has 122 valence electrons. The summed E-state index contributed by atoms with van der Waals surface area (Å²) in [5.74, 6) is -0.593. The van der Waals surface area contributed by atoms with E-state index in [1.807, 2.05) is 0 Å². The molecule has 0 aliphatic carbocycles. The van der Waals surface area contributed by atoms with Gasteiger partial charge in [-0.25, -0.2) is 18.2 Å². The second-order valence-corrected chi connectivity index (χ2v) is 6.26. The zero-order valence-corrected chi connectivity index (χ0v) is 13.7. The molecular formula is C15H16N2O5S. The topological polar surface area (TPSA) is 94.6 Å². The summed E-state index contributed by atoms with van der Waals surface area (Å²) in [7, 11) is -1.45. The van der Waals surface area contributed by atoms with Gasteiger partial charge in [0, 0.05) is 6.20 Å². The number of methoxy groups -OCH3 is 2. The second kappa shape index (κ2) is 6.66. The molecule has 0 atom stereocenters. The van der Waals surface area contributed by atoms with Crippen molar-refractivity contribution in [3.63, 3.8) is 0 Å². The number of aryl methyl sites for hydroxylation is 1. The molecule has 0 saturated heterocycles. The van der Waals surface area contributed by atoms with Gasteiger partial charge < -0.3 is 9.47 Å². The van der Waals surface area contributed by atoms with Gasteiger partial charge >= 0.3 is 5.97 Å². The Bertz CT molecular complexity index is 834. The summed E-state index contributed by atoms with van der Waals surface area (Å²) in [6.45, 7) is 1.63. The number of aromatic nitrogens is 1. The van der Waals surface area contributed by atoms with Crippen LogP contribution in [0.4, 0.5) is 5.69 Å². The number of nitrogens with one attached hydrogen (secondary N) is 1. The Morgan fingerprint density at radius 1 is 1.17 bits per heavy atom. The van der Waals surface area contributed by atoms with Gasteiger partial charge in [0.1, 0.15) is 10.6 Å². The average molecular weight is 336 g/mol. The normalized spacial score (nSPS) is 10.9. The number of hydrogen-bond acceptors (Lipinski definition) is 6. The zero-order chi connectivity index (χ0) is 17.0. The van der Waals surface area contributed by atoms with E-state index in [0.717, 1.165) is 0 Å². The van der Waals surface area contributed by atoms with Crippen molar-refractivity contribution in [2.75, 3.05) is 18.9 Å². The van der Waals surface area contributed by atoms with Crippen LogP contribution in [0.5, 0.6) is 5.88 Å². The molecule has 0 aliphatic heterocycles. The number of sulfonamides is 1. The maximum Gasteiger partial charge on any atom is 0.339 e. The van der Waals surface area contributed by atoms with Crippen LogP contribution in [0, 0.1) is 6.92 Å². The molecule has 1 heterocycles. The highest BCUT2D eigenvalue weighted by Crippen LogP contribution is 2.26. The smallest absolute Gasteiger partial charge is 0.339 e. The molecule has 1 aromatic heterocycles. The lowest BCUT2D eigenvalue weighted by Gasteiger charge is -2.14. The summed E-state index contributed by atoms with van der Waals surface area (Å²) in [4.78, 5) is 15.7. The summed E-state index contributed by atoms with van der Waals surface area (Å²) in [5.41, 5.74) is 0.663. The van der Waals surface area contributed by atoms with Crippen molar-refractivity contribution < 1.29 is 22.7 Å². The minimum atomic E-state index is -4.03. The number of nitrogens with zero attached hydrogens (tertiary/aromatic N) is 1. The highest BCUT2D eigenvalue weighted by molar-refractivity contribution is 7.92. The maximum absolute atomic E-state index is 12.7. The third kappa shape index (κ3) is 3.42. The van der Waals surface area contributed by atoms with Gasteiger partial charge in [-0.3, -0.25) is 4.72 Å². The zero-order valence-electron chi connectivity index (χ0n) is 12.9. The van der Waals surface area contributed by atoms with E-state index < -0.39 is 16.0 Å². The predicted octanol–water partition coefficient (Wildman–Crippen LogP) is 1.99. The second-order valence-electron chi connectivity index (χ2n) is 4.61. The molecule has 0 aliphatic rings. The monoisotopic (exact) mass is 336 g/mol. The van der Waals surface area contributed by atoms with Gasteiger partial charge in [-0.1, -0.05) is 12.1 Å². The molecule has 2 rings (SSSR count). The first-order valence-electron chi connectivity index (χ1n) is 6.60. The van der Waals surface area contributed by atoms with Crippen molar-refractivity contribution in [1.82, 2.24) is 4.98 Å². The molecule has 2 aromatic rings. The molecule has 1 N–H and O–H groups in total. The van der Waals surface area contributed by atoms with Crippen LogP contribution >= 0.6 is 0 Å². The van der Waals surface area contributed by atoms with E-state index in [4.69, 9.17) is 4.74 Å². The highest BCUT2D eigenvalue weighted by Gasteiger charge is 2.25. The number of benzene rings is 1. The van der Waals surface area contributed by atoms with Crippen molar-refractivity contribution in [2.24, 2.45) is 0 Å². The van der Waals surface area contributed by atoms with Crippen LogP contribution in [0.3, 0.4) is 0 Å². The molecule has 0 amide bonds. The van der Waals surface area contributed by atoms with Crippen molar-refractivity contribution in [2.45, 2.75) is 11.8 Å². The molecule has 0 fully saturated rings. The van der Waals surface area contributed by atoms with Crippen LogP contribution in [0.15, 0.2) is 41.4 Å². The molecule has 23 heavy (non-hydrogen) atoms. The molecule has 0 saturated carbocycles. The number of rotatable bonds is 5. The van der Waals surface area contributed by atoms with Gasteiger partial charge in [0.05, 0.1) is 19.8 Å². The Morgan fingerprint density at radius 3 is 2.57 bits per heavy atom. The van der Waals surface area contributed by atoms with Crippen molar-refractivity contribution >= 4 is 21.7 Å². The lowest BCUT2D eigenvalue weighted by Crippen LogP contribution is -2.19. The van der Waals surface area contributed by atoms with Gasteiger partial charge in [-0.15, -0.1) is 0 Å². The van der Waals surface area contributed by atoms with E-state index >= 15 is 0 Å². The van der Waals surface area contributed by atoms with Crippen LogP contribution in [0.25, 0.3) is 0 Å². The van der Waals surface area contributed by atoms with Crippen LogP contribution in [0.2, 0.25) is 0 Å². The largest absolute Gasteiger partial charge is 0.480 e. The first-order valence-corrected chi connectivity index (χ1v) is 8.08. The standard InChI is InChI=1S/C15H16N2O5S/c1-10-6-4-8-12(13(10)15(18)22-3)23(19,20)17-11-7-5-9-16-14(11)21-2/h4-9,17H,1-3H3. The third-order valence-electron chi connectivity index (χ3n) is 3.12. The van der Waals surface area contributed by atoms with E-state index in [-0.39, 0.29) is 22.0 Å². The first-order chi connectivity index (χ1) is 10.9. The fourth-order valence-electron chi connectivity index (χ4n) is 2.06. The quantitative estimate of drug-likeness (QED) is 0.839. The average Bonchev–Trinajstić information content (AvgIpc) is 2.54. The van der Waals surface area contributed by atoms with Crippen molar-refractivity contribution in [3.8, 4) is 5.88 Å². The summed E-state index contributed by atoms with van der Waals surface area (Å²) < 4.78 is 37.4. The number of carbonyl (C=O) groups is 1. The Hall–Kier alpha value is -2.61. The van der Waals surface area contributed by atoms with E-state index in [1.165, 1.54) is 32.5 Å². The summed E-state index contributed by atoms with van der Waals surface area (Å²) in [6, 6.07) is 7.60. The number of hydrogen-bond donors (Lipinski definition) is 1. The van der Waals surface area contributed by atoms with Gasteiger partial charge in [0.2, 0.25) is 5.88 Å². The van der Waals surface area contributed by atoms with Crippen LogP contribution < -0.4 is 9.46 Å². The van der Waals surface area contributed by atoms with Crippen molar-refractivity contribution in [1.29, 1.82) is 0 Å². The molecule has 8 heteroatoms. The molecule has 0 spiro atoms. The minimum absolute atomic E-state index is 0.00893. The van der Waals surface area contributed by atoms with Gasteiger partial charge in [-0.2, -0.15) is 0 Å². The maximum atomic E-state index is 12.7. The number of carbonyl (C=O) groups excluding carboxylic acids is 1. The Morgan fingerprint density at radius 2 is 1.91 bits per heavy atom. The minimum Gasteiger partial charge on any atom is -0.480 e. The highest BCUT2D eigenvalue weighted by atomic mass is 32.2. The molecular weight excluding hydrogens is 320 g/mol.